The molecular weight excluding hydrogens is 346 g/mol. The molecule has 6 nitrogen and oxygen atoms in total. The maximum atomic E-state index is 12.4. The van der Waals surface area contributed by atoms with Gasteiger partial charge < -0.3 is 19.2 Å². The third-order valence-electron chi connectivity index (χ3n) is 3.54. The number of oxime groups is 1. The van der Waals surface area contributed by atoms with Gasteiger partial charge in [0.15, 0.2) is 11.5 Å². The van der Waals surface area contributed by atoms with Crippen molar-refractivity contribution in [3.63, 3.8) is 0 Å². The number of ether oxygens (including phenoxy) is 2. The van der Waals surface area contributed by atoms with Gasteiger partial charge in [0, 0.05) is 17.6 Å². The van der Waals surface area contributed by atoms with Gasteiger partial charge in [0.1, 0.15) is 0 Å². The van der Waals surface area contributed by atoms with Crippen LogP contribution in [0.1, 0.15) is 40.2 Å². The van der Waals surface area contributed by atoms with E-state index < -0.39 is 12.7 Å². The van der Waals surface area contributed by atoms with Crippen molar-refractivity contribution >= 4 is 12.1 Å². The average Bonchev–Trinajstić information content (AvgIpc) is 2.54. The van der Waals surface area contributed by atoms with Gasteiger partial charge >= 0.3 is 6.61 Å². The number of rotatable bonds is 9. The van der Waals surface area contributed by atoms with Gasteiger partial charge in [-0.25, -0.2) is 0 Å². The Morgan fingerprint density at radius 3 is 2.23 bits per heavy atom. The average molecular weight is 372 g/mol. The third-order valence-corrected chi connectivity index (χ3v) is 3.54. The van der Waals surface area contributed by atoms with Crippen LogP contribution in [0.4, 0.5) is 8.78 Å². The normalized spacial score (nSPS) is 12.7. The Morgan fingerprint density at radius 2 is 1.73 bits per heavy atom. The number of amides is 1. The third kappa shape index (κ3) is 6.16. The molecule has 8 heteroatoms. The molecule has 1 aromatic carbocycles. The summed E-state index contributed by atoms with van der Waals surface area (Å²) >= 11 is 0. The second kappa shape index (κ2) is 9.94. The smallest absolute Gasteiger partial charge is 0.387 e. The number of nitrogens with zero attached hydrogens (tertiary/aromatic N) is 2. The maximum absolute atomic E-state index is 12.4. The molecule has 1 rings (SSSR count). The summed E-state index contributed by atoms with van der Waals surface area (Å²) in [5.41, 5.74) is 0.549. The van der Waals surface area contributed by atoms with Crippen molar-refractivity contribution in [1.29, 1.82) is 0 Å². The van der Waals surface area contributed by atoms with Gasteiger partial charge in [-0.1, -0.05) is 5.16 Å². The Hall–Kier alpha value is -2.38. The second-order valence-corrected chi connectivity index (χ2v) is 6.20. The topological polar surface area (TPSA) is 60.4 Å². The molecule has 0 aliphatic rings. The van der Waals surface area contributed by atoms with Crippen LogP contribution in [-0.4, -0.2) is 48.9 Å². The van der Waals surface area contributed by atoms with Crippen LogP contribution in [0, 0.1) is 0 Å². The number of alkyl halides is 2. The highest BCUT2D eigenvalue weighted by Crippen LogP contribution is 2.28. The number of hydrogen-bond donors (Lipinski definition) is 0. The van der Waals surface area contributed by atoms with Crippen molar-refractivity contribution < 1.29 is 27.9 Å². The predicted molar refractivity (Wildman–Crippen MR) is 94.9 cm³/mol. The predicted octanol–water partition coefficient (Wildman–Crippen LogP) is 3.68. The highest BCUT2D eigenvalue weighted by atomic mass is 19.3. The summed E-state index contributed by atoms with van der Waals surface area (Å²) in [6.07, 6.45) is 0.618. The zero-order valence-electron chi connectivity index (χ0n) is 15.9. The first-order valence-electron chi connectivity index (χ1n) is 8.31. The molecule has 0 saturated heterocycles. The molecule has 0 bridgehead atoms. The Bertz CT molecular complexity index is 613. The van der Waals surface area contributed by atoms with Crippen molar-refractivity contribution in [2.75, 3.05) is 7.11 Å². The van der Waals surface area contributed by atoms with Crippen LogP contribution < -0.4 is 9.47 Å². The Labute approximate surface area is 152 Å². The minimum Gasteiger partial charge on any atom is -0.493 e. The van der Waals surface area contributed by atoms with E-state index in [1.165, 1.54) is 31.5 Å². The van der Waals surface area contributed by atoms with Crippen molar-refractivity contribution in [3.05, 3.63) is 23.8 Å². The summed E-state index contributed by atoms with van der Waals surface area (Å²) in [7, 11) is 1.35. The number of carbonyl (C=O) groups excluding carboxylic acids is 1. The molecule has 0 N–H and O–H groups in total. The molecule has 1 amide bonds. The van der Waals surface area contributed by atoms with Crippen LogP contribution in [0.25, 0.3) is 0 Å². The first kappa shape index (κ1) is 21.7. The second-order valence-electron chi connectivity index (χ2n) is 6.20. The molecule has 0 aliphatic heterocycles. The molecule has 0 aliphatic carbocycles. The summed E-state index contributed by atoms with van der Waals surface area (Å²) in [6.45, 7) is 6.42. The van der Waals surface area contributed by atoms with Crippen molar-refractivity contribution in [2.24, 2.45) is 5.16 Å². The van der Waals surface area contributed by atoms with Crippen molar-refractivity contribution in [1.82, 2.24) is 4.90 Å². The molecule has 1 aromatic rings. The summed E-state index contributed by atoms with van der Waals surface area (Å²) in [5, 5.41) is 3.81. The lowest BCUT2D eigenvalue weighted by molar-refractivity contribution is -0.146. The lowest BCUT2D eigenvalue weighted by atomic mass is 10.2. The molecule has 146 valence electrons. The van der Waals surface area contributed by atoms with Crippen LogP contribution in [0.15, 0.2) is 23.4 Å². The van der Waals surface area contributed by atoms with E-state index in [4.69, 9.17) is 9.57 Å². The molecule has 0 spiro atoms. The van der Waals surface area contributed by atoms with Crippen LogP contribution >= 0.6 is 0 Å². The monoisotopic (exact) mass is 372 g/mol. The molecule has 26 heavy (non-hydrogen) atoms. The first-order chi connectivity index (χ1) is 12.2. The summed E-state index contributed by atoms with van der Waals surface area (Å²) in [4.78, 5) is 19.4. The van der Waals surface area contributed by atoms with E-state index >= 15 is 0 Å². The fraction of sp³-hybridized carbons (Fsp3) is 0.556. The molecule has 1 unspecified atom stereocenters. The number of halogens is 2. The minimum absolute atomic E-state index is 0.0455. The fourth-order valence-corrected chi connectivity index (χ4v) is 2.50. The van der Waals surface area contributed by atoms with Crippen LogP contribution in [0.2, 0.25) is 0 Å². The maximum Gasteiger partial charge on any atom is 0.387 e. The number of carbonyl (C=O) groups is 1. The van der Waals surface area contributed by atoms with Gasteiger partial charge in [0.2, 0.25) is 6.10 Å². The van der Waals surface area contributed by atoms with E-state index in [1.807, 2.05) is 27.7 Å². The van der Waals surface area contributed by atoms with Crippen molar-refractivity contribution in [2.45, 2.75) is 59.4 Å². The fourth-order valence-electron chi connectivity index (χ4n) is 2.50. The summed E-state index contributed by atoms with van der Waals surface area (Å²) in [5.74, 6) is -0.0943. The Balaban J connectivity index is 2.77. The molecular formula is C18H26F2N2O4. The van der Waals surface area contributed by atoms with E-state index in [-0.39, 0.29) is 29.5 Å². The van der Waals surface area contributed by atoms with Gasteiger partial charge in [-0.05, 0) is 52.8 Å². The molecule has 0 aromatic heterocycles. The highest BCUT2D eigenvalue weighted by molar-refractivity contribution is 5.82. The first-order valence-corrected chi connectivity index (χ1v) is 8.31. The quantitative estimate of drug-likeness (QED) is 0.490. The van der Waals surface area contributed by atoms with Crippen molar-refractivity contribution in [3.8, 4) is 11.5 Å². The van der Waals surface area contributed by atoms with E-state index in [1.54, 1.807) is 11.8 Å². The van der Waals surface area contributed by atoms with E-state index in [0.717, 1.165) is 0 Å². The van der Waals surface area contributed by atoms with Crippen LogP contribution in [0.3, 0.4) is 0 Å². The van der Waals surface area contributed by atoms with Crippen LogP contribution in [0.5, 0.6) is 11.5 Å². The molecule has 0 saturated carbocycles. The van der Waals surface area contributed by atoms with Crippen LogP contribution in [-0.2, 0) is 9.63 Å². The lowest BCUT2D eigenvalue weighted by Crippen LogP contribution is -2.46. The minimum atomic E-state index is -2.94. The van der Waals surface area contributed by atoms with Gasteiger partial charge in [0.25, 0.3) is 5.91 Å². The largest absolute Gasteiger partial charge is 0.493 e. The van der Waals surface area contributed by atoms with Gasteiger partial charge in [-0.2, -0.15) is 8.78 Å². The summed E-state index contributed by atoms with van der Waals surface area (Å²) < 4.78 is 34.0. The standard InChI is InChI=1S/C18H26F2N2O4/c1-11(2)22(12(3)4)17(23)13(5)26-21-10-14-7-8-15(25-18(19)20)16(9-14)24-6/h7-13,18H,1-6H3/b21-10+. The van der Waals surface area contributed by atoms with E-state index in [2.05, 4.69) is 9.89 Å². The number of hydrogen-bond acceptors (Lipinski definition) is 5. The number of benzene rings is 1. The van der Waals surface area contributed by atoms with E-state index in [0.29, 0.717) is 5.56 Å². The highest BCUT2D eigenvalue weighted by Gasteiger charge is 2.26. The zero-order chi connectivity index (χ0) is 19.9. The van der Waals surface area contributed by atoms with E-state index in [9.17, 15) is 13.6 Å². The molecule has 1 atom stereocenters. The molecule has 0 radical (unpaired) electrons. The van der Waals surface area contributed by atoms with Gasteiger partial charge in [0.05, 0.1) is 13.3 Å². The number of methoxy groups -OCH3 is 1. The zero-order valence-corrected chi connectivity index (χ0v) is 15.9. The Morgan fingerprint density at radius 1 is 1.12 bits per heavy atom. The lowest BCUT2D eigenvalue weighted by Gasteiger charge is -2.32. The van der Waals surface area contributed by atoms with Gasteiger partial charge in [-0.3, -0.25) is 4.79 Å². The van der Waals surface area contributed by atoms with Gasteiger partial charge in [-0.15, -0.1) is 0 Å². The molecule has 0 heterocycles. The SMILES string of the molecule is COc1cc(/C=N/OC(C)C(=O)N(C(C)C)C(C)C)ccc1OC(F)F. The Kier molecular flexibility index (Phi) is 8.28. The summed E-state index contributed by atoms with van der Waals surface area (Å²) in [6, 6.07) is 4.44. The molecule has 0 fully saturated rings.